The van der Waals surface area contributed by atoms with Gasteiger partial charge in [-0.15, -0.1) is 0 Å². The Morgan fingerprint density at radius 2 is 1.55 bits per heavy atom. The Bertz CT molecular complexity index is 400. The molecule has 1 aromatic carbocycles. The monoisotopic (exact) mass is 276 g/mol. The highest BCUT2D eigenvalue weighted by molar-refractivity contribution is 5.29. The molecule has 1 saturated carbocycles. The Labute approximate surface area is 123 Å². The predicted molar refractivity (Wildman–Crippen MR) is 82.8 cm³/mol. The highest BCUT2D eigenvalue weighted by atomic mass is 16.5. The van der Waals surface area contributed by atoms with Gasteiger partial charge in [0.25, 0.3) is 0 Å². The van der Waals surface area contributed by atoms with Crippen LogP contribution in [0.4, 0.5) is 0 Å². The summed E-state index contributed by atoms with van der Waals surface area (Å²) < 4.78 is 5.65. The third-order valence-corrected chi connectivity index (χ3v) is 4.25. The second-order valence-electron chi connectivity index (χ2n) is 6.86. The van der Waals surface area contributed by atoms with Gasteiger partial charge in [-0.3, -0.25) is 0 Å². The molecular weight excluding hydrogens is 248 g/mol. The number of rotatable bonds is 4. The Morgan fingerprint density at radius 1 is 1.00 bits per heavy atom. The van der Waals surface area contributed by atoms with Crippen molar-refractivity contribution in [2.24, 2.45) is 17.8 Å². The molecule has 0 bridgehead atoms. The SMILES string of the molecule is CC1CC(C)CC(C(O)c2ccc(OC(C)C)cc2)C1. The molecule has 0 saturated heterocycles. The lowest BCUT2D eigenvalue weighted by Gasteiger charge is -2.34. The number of hydrogen-bond acceptors (Lipinski definition) is 2. The summed E-state index contributed by atoms with van der Waals surface area (Å²) in [7, 11) is 0. The smallest absolute Gasteiger partial charge is 0.119 e. The van der Waals surface area contributed by atoms with Crippen LogP contribution in [0.5, 0.6) is 5.75 Å². The third-order valence-electron chi connectivity index (χ3n) is 4.25. The van der Waals surface area contributed by atoms with Crippen LogP contribution in [-0.2, 0) is 0 Å². The van der Waals surface area contributed by atoms with Gasteiger partial charge in [0.1, 0.15) is 5.75 Å². The lowest BCUT2D eigenvalue weighted by atomic mass is 9.73. The van der Waals surface area contributed by atoms with Crippen molar-refractivity contribution in [1.82, 2.24) is 0 Å². The number of hydrogen-bond donors (Lipinski definition) is 1. The number of benzene rings is 1. The lowest BCUT2D eigenvalue weighted by molar-refractivity contribution is 0.0551. The van der Waals surface area contributed by atoms with E-state index < -0.39 is 0 Å². The van der Waals surface area contributed by atoms with Crippen LogP contribution in [0, 0.1) is 17.8 Å². The van der Waals surface area contributed by atoms with Crippen LogP contribution in [0.3, 0.4) is 0 Å². The average Bonchev–Trinajstić information content (AvgIpc) is 2.37. The Hall–Kier alpha value is -1.02. The molecule has 0 amide bonds. The first-order valence-electron chi connectivity index (χ1n) is 7.90. The first-order chi connectivity index (χ1) is 9.45. The van der Waals surface area contributed by atoms with E-state index in [0.29, 0.717) is 5.92 Å². The minimum atomic E-state index is -0.340. The summed E-state index contributed by atoms with van der Waals surface area (Å²) in [5.41, 5.74) is 1.02. The zero-order valence-corrected chi connectivity index (χ0v) is 13.2. The van der Waals surface area contributed by atoms with Gasteiger partial charge in [0.05, 0.1) is 12.2 Å². The fourth-order valence-electron chi connectivity index (χ4n) is 3.55. The molecule has 0 heterocycles. The molecule has 0 aliphatic heterocycles. The van der Waals surface area contributed by atoms with E-state index in [-0.39, 0.29) is 12.2 Å². The quantitative estimate of drug-likeness (QED) is 0.872. The van der Waals surface area contributed by atoms with Crippen molar-refractivity contribution >= 4 is 0 Å². The zero-order chi connectivity index (χ0) is 14.7. The van der Waals surface area contributed by atoms with Crippen LogP contribution in [0.2, 0.25) is 0 Å². The maximum absolute atomic E-state index is 10.6. The maximum atomic E-state index is 10.6. The van der Waals surface area contributed by atoms with Crippen LogP contribution in [-0.4, -0.2) is 11.2 Å². The average molecular weight is 276 g/mol. The van der Waals surface area contributed by atoms with Crippen molar-refractivity contribution in [3.05, 3.63) is 29.8 Å². The third kappa shape index (κ3) is 3.99. The molecule has 3 atom stereocenters. The van der Waals surface area contributed by atoms with Crippen LogP contribution in [0.1, 0.15) is 58.6 Å². The lowest BCUT2D eigenvalue weighted by Crippen LogP contribution is -2.24. The van der Waals surface area contributed by atoms with Gasteiger partial charge >= 0.3 is 0 Å². The molecule has 112 valence electrons. The molecule has 1 aliphatic carbocycles. The van der Waals surface area contributed by atoms with Gasteiger partial charge in [-0.1, -0.05) is 26.0 Å². The molecule has 0 aromatic heterocycles. The number of aliphatic hydroxyl groups is 1. The van der Waals surface area contributed by atoms with E-state index in [1.165, 1.54) is 6.42 Å². The zero-order valence-electron chi connectivity index (χ0n) is 13.2. The predicted octanol–water partition coefficient (Wildman–Crippen LogP) is 4.58. The summed E-state index contributed by atoms with van der Waals surface area (Å²) in [5, 5.41) is 10.6. The van der Waals surface area contributed by atoms with Gasteiger partial charge in [-0.25, -0.2) is 0 Å². The van der Waals surface area contributed by atoms with Crippen molar-refractivity contribution < 1.29 is 9.84 Å². The van der Waals surface area contributed by atoms with Crippen molar-refractivity contribution in [3.63, 3.8) is 0 Å². The van der Waals surface area contributed by atoms with Gasteiger partial charge < -0.3 is 9.84 Å². The Kier molecular flexibility index (Phi) is 5.09. The second kappa shape index (κ2) is 6.62. The van der Waals surface area contributed by atoms with Gasteiger partial charge in [0.2, 0.25) is 0 Å². The molecule has 1 fully saturated rings. The first kappa shape index (κ1) is 15.4. The fourth-order valence-corrected chi connectivity index (χ4v) is 3.55. The van der Waals surface area contributed by atoms with E-state index in [2.05, 4.69) is 13.8 Å². The minimum Gasteiger partial charge on any atom is -0.491 e. The topological polar surface area (TPSA) is 29.5 Å². The molecule has 20 heavy (non-hydrogen) atoms. The molecule has 0 spiro atoms. The minimum absolute atomic E-state index is 0.186. The summed E-state index contributed by atoms with van der Waals surface area (Å²) in [6.07, 6.45) is 3.41. The molecule has 1 N–H and O–H groups in total. The molecule has 2 nitrogen and oxygen atoms in total. The van der Waals surface area contributed by atoms with E-state index in [1.807, 2.05) is 38.1 Å². The van der Waals surface area contributed by atoms with E-state index in [4.69, 9.17) is 4.74 Å². The number of aliphatic hydroxyl groups excluding tert-OH is 1. The summed E-state index contributed by atoms with van der Waals surface area (Å²) in [5.74, 6) is 2.72. The van der Waals surface area contributed by atoms with E-state index >= 15 is 0 Å². The van der Waals surface area contributed by atoms with Crippen molar-refractivity contribution in [1.29, 1.82) is 0 Å². The van der Waals surface area contributed by atoms with Gasteiger partial charge in [-0.05, 0) is 68.6 Å². The van der Waals surface area contributed by atoms with Gasteiger partial charge in [0, 0.05) is 0 Å². The van der Waals surface area contributed by atoms with Crippen LogP contribution < -0.4 is 4.74 Å². The standard InChI is InChI=1S/C18H28O2/c1-12(2)20-17-7-5-15(6-8-17)18(19)16-10-13(3)9-14(4)11-16/h5-8,12-14,16,18-19H,9-11H2,1-4H3. The molecular formula is C18H28O2. The summed E-state index contributed by atoms with van der Waals surface area (Å²) in [4.78, 5) is 0. The summed E-state index contributed by atoms with van der Waals surface area (Å²) in [6.45, 7) is 8.64. The normalized spacial score (nSPS) is 28.4. The Morgan fingerprint density at radius 3 is 2.05 bits per heavy atom. The molecule has 0 radical (unpaired) electrons. The van der Waals surface area contributed by atoms with Crippen molar-refractivity contribution in [2.75, 3.05) is 0 Å². The van der Waals surface area contributed by atoms with Crippen LogP contribution >= 0.6 is 0 Å². The highest BCUT2D eigenvalue weighted by Gasteiger charge is 2.29. The van der Waals surface area contributed by atoms with Gasteiger partial charge in [0.15, 0.2) is 0 Å². The fraction of sp³-hybridized carbons (Fsp3) is 0.667. The van der Waals surface area contributed by atoms with E-state index in [9.17, 15) is 5.11 Å². The largest absolute Gasteiger partial charge is 0.491 e. The van der Waals surface area contributed by atoms with Crippen molar-refractivity contribution in [3.8, 4) is 5.75 Å². The molecule has 2 rings (SSSR count). The molecule has 2 heteroatoms. The van der Waals surface area contributed by atoms with E-state index in [0.717, 1.165) is 36.0 Å². The first-order valence-corrected chi connectivity index (χ1v) is 7.90. The van der Waals surface area contributed by atoms with Crippen LogP contribution in [0.15, 0.2) is 24.3 Å². The highest BCUT2D eigenvalue weighted by Crippen LogP contribution is 2.39. The molecule has 3 unspecified atom stereocenters. The van der Waals surface area contributed by atoms with Crippen molar-refractivity contribution in [2.45, 2.75) is 59.2 Å². The molecule has 1 aliphatic rings. The maximum Gasteiger partial charge on any atom is 0.119 e. The van der Waals surface area contributed by atoms with Gasteiger partial charge in [-0.2, -0.15) is 0 Å². The summed E-state index contributed by atoms with van der Waals surface area (Å²) in [6, 6.07) is 7.95. The molecule has 1 aromatic rings. The summed E-state index contributed by atoms with van der Waals surface area (Å²) >= 11 is 0. The second-order valence-corrected chi connectivity index (χ2v) is 6.86. The number of ether oxygens (including phenoxy) is 1. The van der Waals surface area contributed by atoms with Crippen LogP contribution in [0.25, 0.3) is 0 Å². The van der Waals surface area contributed by atoms with E-state index in [1.54, 1.807) is 0 Å². The Balaban J connectivity index is 2.03.